The number of hydrazone groups is 1. The molecule has 0 aromatic heterocycles. The molecule has 128 valence electrons. The van der Waals surface area contributed by atoms with E-state index in [2.05, 4.69) is 15.8 Å². The zero-order chi connectivity index (χ0) is 18.1. The number of amides is 2. The van der Waals surface area contributed by atoms with Crippen LogP contribution < -0.4 is 10.7 Å². The number of carbonyl (C=O) groups excluding carboxylic acids is 2. The molecular formula is C19H18ClN3O2. The highest BCUT2D eigenvalue weighted by molar-refractivity contribution is 6.30. The lowest BCUT2D eigenvalue weighted by Gasteiger charge is -2.04. The van der Waals surface area contributed by atoms with E-state index in [9.17, 15) is 9.59 Å². The predicted molar refractivity (Wildman–Crippen MR) is 101 cm³/mol. The Hall–Kier alpha value is -2.92. The zero-order valence-corrected chi connectivity index (χ0v) is 14.5. The Morgan fingerprint density at radius 3 is 2.44 bits per heavy atom. The number of halogens is 1. The fraction of sp³-hybridized carbons (Fsp3) is 0.105. The first-order valence-electron chi connectivity index (χ1n) is 7.64. The van der Waals surface area contributed by atoms with Gasteiger partial charge in [0.2, 0.25) is 0 Å². The number of carbonyl (C=O) groups is 2. The van der Waals surface area contributed by atoms with E-state index >= 15 is 0 Å². The molecule has 0 aliphatic carbocycles. The van der Waals surface area contributed by atoms with Crippen molar-refractivity contribution in [1.82, 2.24) is 10.7 Å². The fourth-order valence-electron chi connectivity index (χ4n) is 1.87. The first-order chi connectivity index (χ1) is 12.0. The monoisotopic (exact) mass is 355 g/mol. The molecule has 25 heavy (non-hydrogen) atoms. The van der Waals surface area contributed by atoms with Gasteiger partial charge in [-0.15, -0.1) is 0 Å². The molecule has 2 N–H and O–H groups in total. The van der Waals surface area contributed by atoms with Crippen LogP contribution in [0.4, 0.5) is 0 Å². The van der Waals surface area contributed by atoms with E-state index in [0.717, 1.165) is 5.56 Å². The average molecular weight is 356 g/mol. The Morgan fingerprint density at radius 1 is 1.08 bits per heavy atom. The van der Waals surface area contributed by atoms with Crippen LogP contribution in [0.5, 0.6) is 0 Å². The van der Waals surface area contributed by atoms with E-state index < -0.39 is 5.91 Å². The topological polar surface area (TPSA) is 70.6 Å². The van der Waals surface area contributed by atoms with Crippen molar-refractivity contribution >= 4 is 35.2 Å². The van der Waals surface area contributed by atoms with Gasteiger partial charge in [-0.25, -0.2) is 5.43 Å². The summed E-state index contributed by atoms with van der Waals surface area (Å²) >= 11 is 5.76. The molecule has 0 unspecified atom stereocenters. The molecule has 0 fully saturated rings. The van der Waals surface area contributed by atoms with Gasteiger partial charge in [-0.05, 0) is 42.8 Å². The number of nitrogens with one attached hydrogen (secondary N) is 2. The van der Waals surface area contributed by atoms with Gasteiger partial charge in [0.15, 0.2) is 0 Å². The van der Waals surface area contributed by atoms with Crippen LogP contribution in [0.2, 0.25) is 5.02 Å². The van der Waals surface area contributed by atoms with E-state index in [4.69, 9.17) is 11.6 Å². The number of hydrogen-bond acceptors (Lipinski definition) is 3. The Bertz CT molecular complexity index is 784. The zero-order valence-electron chi connectivity index (χ0n) is 13.7. The van der Waals surface area contributed by atoms with Gasteiger partial charge in [-0.3, -0.25) is 9.59 Å². The molecule has 0 atom stereocenters. The minimum absolute atomic E-state index is 0.166. The van der Waals surface area contributed by atoms with Crippen molar-refractivity contribution in [3.63, 3.8) is 0 Å². The highest BCUT2D eigenvalue weighted by Gasteiger charge is 2.07. The van der Waals surface area contributed by atoms with Gasteiger partial charge >= 0.3 is 0 Å². The third-order valence-electron chi connectivity index (χ3n) is 3.19. The Morgan fingerprint density at radius 2 is 1.76 bits per heavy atom. The van der Waals surface area contributed by atoms with Crippen molar-refractivity contribution < 1.29 is 9.59 Å². The van der Waals surface area contributed by atoms with Crippen molar-refractivity contribution in [2.75, 3.05) is 6.54 Å². The molecular weight excluding hydrogens is 338 g/mol. The molecule has 0 spiro atoms. The summed E-state index contributed by atoms with van der Waals surface area (Å²) in [4.78, 5) is 23.6. The molecule has 2 rings (SSSR count). The second-order valence-electron chi connectivity index (χ2n) is 5.22. The molecule has 0 bridgehead atoms. The molecule has 0 heterocycles. The maximum atomic E-state index is 11.9. The van der Waals surface area contributed by atoms with E-state index in [1.165, 1.54) is 0 Å². The van der Waals surface area contributed by atoms with Crippen LogP contribution in [0.3, 0.4) is 0 Å². The van der Waals surface area contributed by atoms with Crippen LogP contribution in [-0.2, 0) is 4.79 Å². The molecule has 0 saturated heterocycles. The maximum absolute atomic E-state index is 11.9. The number of hydrogen-bond donors (Lipinski definition) is 2. The molecule has 6 heteroatoms. The van der Waals surface area contributed by atoms with Gasteiger partial charge in [0.05, 0.1) is 12.3 Å². The summed E-state index contributed by atoms with van der Waals surface area (Å²) in [6.07, 6.45) is 3.69. The second-order valence-corrected chi connectivity index (χ2v) is 5.66. The first-order valence-corrected chi connectivity index (χ1v) is 8.02. The average Bonchev–Trinajstić information content (AvgIpc) is 2.64. The van der Waals surface area contributed by atoms with Crippen LogP contribution in [0.1, 0.15) is 22.8 Å². The van der Waals surface area contributed by atoms with Crippen LogP contribution in [0.15, 0.2) is 65.8 Å². The summed E-state index contributed by atoms with van der Waals surface area (Å²) in [6, 6.07) is 16.2. The van der Waals surface area contributed by atoms with Gasteiger partial charge in [-0.1, -0.05) is 48.0 Å². The molecule has 0 radical (unpaired) electrons. The largest absolute Gasteiger partial charge is 0.343 e. The Kier molecular flexibility index (Phi) is 6.92. The van der Waals surface area contributed by atoms with Crippen LogP contribution in [0, 0.1) is 0 Å². The molecule has 0 aliphatic rings. The third kappa shape index (κ3) is 6.61. The molecule has 2 aromatic carbocycles. The normalized spacial score (nSPS) is 11.4. The van der Waals surface area contributed by atoms with E-state index in [-0.39, 0.29) is 12.5 Å². The van der Waals surface area contributed by atoms with Gasteiger partial charge < -0.3 is 5.32 Å². The summed E-state index contributed by atoms with van der Waals surface area (Å²) in [7, 11) is 0. The molecule has 0 aliphatic heterocycles. The number of nitrogens with zero attached hydrogens (tertiary/aromatic N) is 1. The first kappa shape index (κ1) is 18.4. The lowest BCUT2D eigenvalue weighted by Crippen LogP contribution is -2.35. The number of benzene rings is 2. The van der Waals surface area contributed by atoms with Crippen molar-refractivity contribution in [3.05, 3.63) is 76.8 Å². The summed E-state index contributed by atoms with van der Waals surface area (Å²) in [5.41, 5.74) is 4.51. The summed E-state index contributed by atoms with van der Waals surface area (Å²) < 4.78 is 0. The SMILES string of the molecule is CC(/C=C/c1ccccc1)=N/NC(=O)CNC(=O)c1ccc(Cl)cc1. The van der Waals surface area contributed by atoms with Crippen LogP contribution in [-0.4, -0.2) is 24.1 Å². The maximum Gasteiger partial charge on any atom is 0.259 e. The smallest absolute Gasteiger partial charge is 0.259 e. The predicted octanol–water partition coefficient (Wildman–Crippen LogP) is 3.28. The number of allylic oxidation sites excluding steroid dienone is 1. The Balaban J connectivity index is 1.78. The van der Waals surface area contributed by atoms with Crippen LogP contribution in [0.25, 0.3) is 6.08 Å². The van der Waals surface area contributed by atoms with Gasteiger partial charge in [0, 0.05) is 10.6 Å². The summed E-state index contributed by atoms with van der Waals surface area (Å²) in [5.74, 6) is -0.758. The lowest BCUT2D eigenvalue weighted by molar-refractivity contribution is -0.120. The molecule has 2 amide bonds. The van der Waals surface area contributed by atoms with Gasteiger partial charge in [-0.2, -0.15) is 5.10 Å². The second kappa shape index (κ2) is 9.39. The minimum atomic E-state index is -0.408. The molecule has 0 saturated carbocycles. The van der Waals surface area contributed by atoms with Crippen molar-refractivity contribution in [3.8, 4) is 0 Å². The van der Waals surface area contributed by atoms with Crippen molar-refractivity contribution in [2.24, 2.45) is 5.10 Å². The third-order valence-corrected chi connectivity index (χ3v) is 3.44. The number of rotatable bonds is 6. The van der Waals surface area contributed by atoms with Crippen molar-refractivity contribution in [2.45, 2.75) is 6.92 Å². The summed E-state index contributed by atoms with van der Waals surface area (Å²) in [6.45, 7) is 1.60. The van der Waals surface area contributed by atoms with E-state index in [1.54, 1.807) is 37.3 Å². The molecule has 5 nitrogen and oxygen atoms in total. The summed E-state index contributed by atoms with van der Waals surface area (Å²) in [5, 5.41) is 7.03. The molecule has 2 aromatic rings. The highest BCUT2D eigenvalue weighted by Crippen LogP contribution is 2.09. The van der Waals surface area contributed by atoms with Gasteiger partial charge in [0.1, 0.15) is 0 Å². The Labute approximate surface area is 151 Å². The van der Waals surface area contributed by atoms with E-state index in [0.29, 0.717) is 16.3 Å². The van der Waals surface area contributed by atoms with E-state index in [1.807, 2.05) is 36.4 Å². The highest BCUT2D eigenvalue weighted by atomic mass is 35.5. The van der Waals surface area contributed by atoms with Gasteiger partial charge in [0.25, 0.3) is 11.8 Å². The minimum Gasteiger partial charge on any atom is -0.343 e. The van der Waals surface area contributed by atoms with Crippen molar-refractivity contribution in [1.29, 1.82) is 0 Å². The lowest BCUT2D eigenvalue weighted by atomic mass is 10.2. The fourth-order valence-corrected chi connectivity index (χ4v) is 2.00. The standard InChI is InChI=1S/C19H18ClN3O2/c1-14(7-8-15-5-3-2-4-6-15)22-23-18(24)13-21-19(25)16-9-11-17(20)12-10-16/h2-12H,13H2,1H3,(H,21,25)(H,23,24)/b8-7+,22-14-. The quantitative estimate of drug-likeness (QED) is 0.616. The van der Waals surface area contributed by atoms with Crippen LogP contribution >= 0.6 is 11.6 Å².